The number of morpholine rings is 1. The number of rotatable bonds is 2. The van der Waals surface area contributed by atoms with E-state index < -0.39 is 5.60 Å². The third-order valence-corrected chi connectivity index (χ3v) is 3.63. The Labute approximate surface area is 92.4 Å². The van der Waals surface area contributed by atoms with Crippen molar-refractivity contribution in [3.8, 4) is 0 Å². The number of nitrogens with zero attached hydrogens (tertiary/aromatic N) is 1. The van der Waals surface area contributed by atoms with Crippen LogP contribution in [0.15, 0.2) is 0 Å². The third-order valence-electron chi connectivity index (χ3n) is 3.63. The molecule has 1 heterocycles. The molecule has 0 bridgehead atoms. The maximum atomic E-state index is 10.4. The zero-order valence-corrected chi connectivity index (χ0v) is 9.74. The normalized spacial score (nSPS) is 32.8. The minimum absolute atomic E-state index is 0.325. The number of ether oxygens (including phenoxy) is 1. The van der Waals surface area contributed by atoms with Gasteiger partial charge in [-0.2, -0.15) is 0 Å². The molecule has 1 saturated heterocycles. The second-order valence-electron chi connectivity index (χ2n) is 5.20. The van der Waals surface area contributed by atoms with Crippen LogP contribution in [0.5, 0.6) is 0 Å². The predicted molar refractivity (Wildman–Crippen MR) is 59.9 cm³/mol. The first-order valence-electron chi connectivity index (χ1n) is 6.24. The lowest BCUT2D eigenvalue weighted by Crippen LogP contribution is -2.50. The first kappa shape index (κ1) is 11.4. The molecular formula is C12H23NO2. The van der Waals surface area contributed by atoms with Crippen molar-refractivity contribution in [3.63, 3.8) is 0 Å². The van der Waals surface area contributed by atoms with E-state index in [0.717, 1.165) is 39.1 Å². The molecule has 1 unspecified atom stereocenters. The molecule has 0 radical (unpaired) electrons. The summed E-state index contributed by atoms with van der Waals surface area (Å²) < 4.78 is 5.51. The Bertz CT molecular complexity index is 202. The fraction of sp³-hybridized carbons (Fsp3) is 1.00. The molecule has 1 aliphatic heterocycles. The van der Waals surface area contributed by atoms with Gasteiger partial charge in [0.2, 0.25) is 0 Å². The monoisotopic (exact) mass is 213 g/mol. The van der Waals surface area contributed by atoms with Crippen molar-refractivity contribution in [2.75, 3.05) is 26.2 Å². The van der Waals surface area contributed by atoms with Crippen LogP contribution in [-0.4, -0.2) is 48.0 Å². The summed E-state index contributed by atoms with van der Waals surface area (Å²) >= 11 is 0. The summed E-state index contributed by atoms with van der Waals surface area (Å²) in [6.45, 7) is 5.73. The van der Waals surface area contributed by atoms with Gasteiger partial charge in [-0.15, -0.1) is 0 Å². The van der Waals surface area contributed by atoms with Crippen LogP contribution in [0.1, 0.15) is 39.0 Å². The van der Waals surface area contributed by atoms with E-state index >= 15 is 0 Å². The van der Waals surface area contributed by atoms with Crippen LogP contribution in [0.3, 0.4) is 0 Å². The molecule has 0 spiro atoms. The lowest BCUT2D eigenvalue weighted by Gasteiger charge is -2.39. The highest BCUT2D eigenvalue weighted by molar-refractivity contribution is 4.86. The molecule has 0 aromatic heterocycles. The van der Waals surface area contributed by atoms with E-state index in [1.807, 2.05) is 0 Å². The van der Waals surface area contributed by atoms with E-state index in [0.29, 0.717) is 6.10 Å². The highest BCUT2D eigenvalue weighted by Gasteiger charge is 2.32. The van der Waals surface area contributed by atoms with E-state index in [4.69, 9.17) is 4.74 Å². The largest absolute Gasteiger partial charge is 0.389 e. The lowest BCUT2D eigenvalue weighted by molar-refractivity contribution is -0.0706. The van der Waals surface area contributed by atoms with Crippen molar-refractivity contribution in [1.82, 2.24) is 4.90 Å². The summed E-state index contributed by atoms with van der Waals surface area (Å²) in [5, 5.41) is 10.4. The zero-order valence-electron chi connectivity index (χ0n) is 9.74. The van der Waals surface area contributed by atoms with Crippen LogP contribution in [0, 0.1) is 0 Å². The second-order valence-corrected chi connectivity index (χ2v) is 5.20. The van der Waals surface area contributed by atoms with Crippen LogP contribution in [0.25, 0.3) is 0 Å². The van der Waals surface area contributed by atoms with E-state index in [-0.39, 0.29) is 0 Å². The Kier molecular flexibility index (Phi) is 3.65. The van der Waals surface area contributed by atoms with E-state index in [1.54, 1.807) is 0 Å². The van der Waals surface area contributed by atoms with Gasteiger partial charge in [-0.05, 0) is 19.8 Å². The Morgan fingerprint density at radius 1 is 1.33 bits per heavy atom. The molecule has 0 aromatic carbocycles. The highest BCUT2D eigenvalue weighted by atomic mass is 16.5. The summed E-state index contributed by atoms with van der Waals surface area (Å²) in [5.41, 5.74) is -0.407. The molecule has 3 heteroatoms. The number of hydrogen-bond donors (Lipinski definition) is 1. The summed E-state index contributed by atoms with van der Waals surface area (Å²) in [4.78, 5) is 2.36. The lowest BCUT2D eigenvalue weighted by atomic mass is 9.84. The van der Waals surface area contributed by atoms with Crippen molar-refractivity contribution in [1.29, 1.82) is 0 Å². The van der Waals surface area contributed by atoms with Gasteiger partial charge in [-0.3, -0.25) is 4.90 Å². The Morgan fingerprint density at radius 2 is 2.07 bits per heavy atom. The van der Waals surface area contributed by atoms with Gasteiger partial charge in [-0.1, -0.05) is 19.3 Å². The van der Waals surface area contributed by atoms with E-state index in [9.17, 15) is 5.11 Å². The van der Waals surface area contributed by atoms with Crippen LogP contribution in [0.2, 0.25) is 0 Å². The zero-order chi connectivity index (χ0) is 10.7. The highest BCUT2D eigenvalue weighted by Crippen LogP contribution is 2.29. The van der Waals surface area contributed by atoms with Crippen molar-refractivity contribution in [2.45, 2.75) is 50.7 Å². The summed E-state index contributed by atoms with van der Waals surface area (Å²) in [6.07, 6.45) is 5.97. The van der Waals surface area contributed by atoms with Gasteiger partial charge in [-0.25, -0.2) is 0 Å². The summed E-state index contributed by atoms with van der Waals surface area (Å²) in [7, 11) is 0. The second kappa shape index (κ2) is 4.81. The van der Waals surface area contributed by atoms with Gasteiger partial charge in [0, 0.05) is 19.6 Å². The van der Waals surface area contributed by atoms with E-state index in [2.05, 4.69) is 11.8 Å². The third kappa shape index (κ3) is 3.16. The summed E-state index contributed by atoms with van der Waals surface area (Å²) in [5.74, 6) is 0. The van der Waals surface area contributed by atoms with Crippen molar-refractivity contribution >= 4 is 0 Å². The average Bonchev–Trinajstić information content (AvgIpc) is 2.18. The maximum absolute atomic E-state index is 10.4. The molecule has 2 rings (SSSR count). The fourth-order valence-electron chi connectivity index (χ4n) is 2.82. The fourth-order valence-corrected chi connectivity index (χ4v) is 2.82. The van der Waals surface area contributed by atoms with Crippen molar-refractivity contribution < 1.29 is 9.84 Å². The van der Waals surface area contributed by atoms with E-state index in [1.165, 1.54) is 19.3 Å². The van der Waals surface area contributed by atoms with Gasteiger partial charge in [0.05, 0.1) is 18.3 Å². The molecule has 1 saturated carbocycles. The molecule has 2 aliphatic rings. The van der Waals surface area contributed by atoms with Gasteiger partial charge in [0.25, 0.3) is 0 Å². The summed E-state index contributed by atoms with van der Waals surface area (Å²) in [6, 6.07) is 0. The van der Waals surface area contributed by atoms with Gasteiger partial charge in [0.15, 0.2) is 0 Å². The Hall–Kier alpha value is -0.120. The van der Waals surface area contributed by atoms with Crippen LogP contribution < -0.4 is 0 Å². The predicted octanol–water partition coefficient (Wildman–Crippen LogP) is 1.40. The molecule has 0 amide bonds. The minimum Gasteiger partial charge on any atom is -0.389 e. The first-order valence-corrected chi connectivity index (χ1v) is 6.24. The van der Waals surface area contributed by atoms with Gasteiger partial charge < -0.3 is 9.84 Å². The van der Waals surface area contributed by atoms with Gasteiger partial charge >= 0.3 is 0 Å². The molecule has 1 aliphatic carbocycles. The maximum Gasteiger partial charge on any atom is 0.0774 e. The van der Waals surface area contributed by atoms with Crippen LogP contribution >= 0.6 is 0 Å². The van der Waals surface area contributed by atoms with Crippen molar-refractivity contribution in [3.05, 3.63) is 0 Å². The average molecular weight is 213 g/mol. The molecule has 2 fully saturated rings. The van der Waals surface area contributed by atoms with Gasteiger partial charge in [0.1, 0.15) is 0 Å². The molecule has 88 valence electrons. The molecular weight excluding hydrogens is 190 g/mol. The molecule has 15 heavy (non-hydrogen) atoms. The Balaban J connectivity index is 1.83. The molecule has 3 nitrogen and oxygen atoms in total. The van der Waals surface area contributed by atoms with Crippen LogP contribution in [0.4, 0.5) is 0 Å². The standard InChI is InChI=1S/C12H23NO2/c1-11-9-13(7-8-15-11)10-12(14)5-3-2-4-6-12/h11,14H,2-10H2,1H3. The van der Waals surface area contributed by atoms with Crippen molar-refractivity contribution in [2.24, 2.45) is 0 Å². The Morgan fingerprint density at radius 3 is 2.73 bits per heavy atom. The molecule has 1 N–H and O–H groups in total. The topological polar surface area (TPSA) is 32.7 Å². The molecule has 1 atom stereocenters. The number of β-amino-alcohol motifs (C(OH)–C–C–N with tert-alkyl or cyclic N) is 1. The smallest absolute Gasteiger partial charge is 0.0774 e. The van der Waals surface area contributed by atoms with Crippen LogP contribution in [-0.2, 0) is 4.74 Å². The first-order chi connectivity index (χ1) is 7.18. The number of hydrogen-bond acceptors (Lipinski definition) is 3. The molecule has 0 aromatic rings. The minimum atomic E-state index is -0.407. The quantitative estimate of drug-likeness (QED) is 0.752. The SMILES string of the molecule is CC1CN(CC2(O)CCCCC2)CCO1. The number of aliphatic hydroxyl groups is 1.